The summed E-state index contributed by atoms with van der Waals surface area (Å²) < 4.78 is 11.6. The standard InChI is InChI=1S/C17H25NO2/c1-16(2)19-12-15(20-16)13-7-6-8-14(11-13)17(18)9-4-3-5-10-17/h6-8,11,15H,3-5,9-10,12,18H2,1-2H3. The molecule has 1 atom stereocenters. The van der Waals surface area contributed by atoms with Crippen molar-refractivity contribution < 1.29 is 9.47 Å². The summed E-state index contributed by atoms with van der Waals surface area (Å²) in [4.78, 5) is 0. The Bertz CT molecular complexity index is 478. The molecule has 20 heavy (non-hydrogen) atoms. The van der Waals surface area contributed by atoms with Crippen molar-refractivity contribution in [2.45, 2.75) is 63.4 Å². The molecule has 110 valence electrons. The number of hydrogen-bond acceptors (Lipinski definition) is 3. The summed E-state index contributed by atoms with van der Waals surface area (Å²) in [5.74, 6) is -0.480. The van der Waals surface area contributed by atoms with Gasteiger partial charge in [0.2, 0.25) is 0 Å². The fourth-order valence-corrected chi connectivity index (χ4v) is 3.37. The molecule has 2 aliphatic rings. The number of benzene rings is 1. The van der Waals surface area contributed by atoms with Gasteiger partial charge in [-0.25, -0.2) is 0 Å². The van der Waals surface area contributed by atoms with E-state index in [2.05, 4.69) is 24.3 Å². The van der Waals surface area contributed by atoms with E-state index in [1.54, 1.807) is 0 Å². The molecule has 1 heterocycles. The summed E-state index contributed by atoms with van der Waals surface area (Å²) in [5, 5.41) is 0. The number of ether oxygens (including phenoxy) is 2. The Balaban J connectivity index is 1.83. The van der Waals surface area contributed by atoms with Gasteiger partial charge >= 0.3 is 0 Å². The van der Waals surface area contributed by atoms with Gasteiger partial charge in [-0.15, -0.1) is 0 Å². The van der Waals surface area contributed by atoms with E-state index in [4.69, 9.17) is 15.2 Å². The van der Waals surface area contributed by atoms with Crippen LogP contribution in [0, 0.1) is 0 Å². The highest BCUT2D eigenvalue weighted by Crippen LogP contribution is 2.38. The van der Waals surface area contributed by atoms with E-state index in [1.807, 2.05) is 13.8 Å². The minimum Gasteiger partial charge on any atom is -0.347 e. The van der Waals surface area contributed by atoms with Crippen LogP contribution in [0.3, 0.4) is 0 Å². The van der Waals surface area contributed by atoms with Gasteiger partial charge < -0.3 is 15.2 Å². The maximum absolute atomic E-state index is 6.63. The predicted octanol–water partition coefficient (Wildman–Crippen LogP) is 3.63. The van der Waals surface area contributed by atoms with Crippen molar-refractivity contribution in [1.82, 2.24) is 0 Å². The van der Waals surface area contributed by atoms with Crippen molar-refractivity contribution in [3.05, 3.63) is 35.4 Å². The van der Waals surface area contributed by atoms with E-state index in [9.17, 15) is 0 Å². The Morgan fingerprint density at radius 2 is 1.90 bits per heavy atom. The highest BCUT2D eigenvalue weighted by molar-refractivity contribution is 5.31. The monoisotopic (exact) mass is 275 g/mol. The van der Waals surface area contributed by atoms with Crippen molar-refractivity contribution in [2.75, 3.05) is 6.61 Å². The molecule has 1 aliphatic heterocycles. The maximum atomic E-state index is 6.63. The van der Waals surface area contributed by atoms with E-state index in [0.29, 0.717) is 6.61 Å². The number of nitrogens with two attached hydrogens (primary N) is 1. The van der Waals surface area contributed by atoms with Gasteiger partial charge in [0, 0.05) is 5.54 Å². The topological polar surface area (TPSA) is 44.5 Å². The summed E-state index contributed by atoms with van der Waals surface area (Å²) >= 11 is 0. The van der Waals surface area contributed by atoms with E-state index in [-0.39, 0.29) is 11.6 Å². The third-order valence-corrected chi connectivity index (χ3v) is 4.59. The zero-order chi connectivity index (χ0) is 14.2. The minimum atomic E-state index is -0.480. The van der Waals surface area contributed by atoms with Crippen molar-refractivity contribution in [3.63, 3.8) is 0 Å². The molecule has 3 heteroatoms. The van der Waals surface area contributed by atoms with Crippen LogP contribution in [0.2, 0.25) is 0 Å². The fraction of sp³-hybridized carbons (Fsp3) is 0.647. The Hall–Kier alpha value is -0.900. The lowest BCUT2D eigenvalue weighted by Gasteiger charge is -2.34. The molecule has 1 aliphatic carbocycles. The molecule has 1 aromatic carbocycles. The normalized spacial score (nSPS) is 28.4. The van der Waals surface area contributed by atoms with Gasteiger partial charge in [0.1, 0.15) is 6.10 Å². The first kappa shape index (κ1) is 14.1. The first-order valence-corrected chi connectivity index (χ1v) is 7.70. The van der Waals surface area contributed by atoms with Crippen LogP contribution in [0.25, 0.3) is 0 Å². The van der Waals surface area contributed by atoms with Gasteiger partial charge in [0.15, 0.2) is 5.79 Å². The Labute approximate surface area is 121 Å². The second kappa shape index (κ2) is 5.14. The van der Waals surface area contributed by atoms with E-state index in [1.165, 1.54) is 30.4 Å². The molecule has 1 saturated carbocycles. The number of hydrogen-bond donors (Lipinski definition) is 1. The summed E-state index contributed by atoms with van der Waals surface area (Å²) in [6.45, 7) is 4.54. The first-order chi connectivity index (χ1) is 9.49. The molecule has 2 fully saturated rings. The van der Waals surface area contributed by atoms with Crippen LogP contribution < -0.4 is 5.73 Å². The molecule has 0 bridgehead atoms. The Morgan fingerprint density at radius 3 is 2.55 bits per heavy atom. The molecule has 2 N–H and O–H groups in total. The molecule has 0 amide bonds. The third kappa shape index (κ3) is 2.76. The maximum Gasteiger partial charge on any atom is 0.163 e. The summed E-state index contributed by atoms with van der Waals surface area (Å²) in [7, 11) is 0. The average Bonchev–Trinajstić information content (AvgIpc) is 2.80. The summed E-state index contributed by atoms with van der Waals surface area (Å²) in [6, 6.07) is 8.60. The molecule has 1 saturated heterocycles. The van der Waals surface area contributed by atoms with Gasteiger partial charge in [-0.1, -0.05) is 43.5 Å². The van der Waals surface area contributed by atoms with E-state index < -0.39 is 5.79 Å². The lowest BCUT2D eigenvalue weighted by molar-refractivity contribution is -0.139. The largest absolute Gasteiger partial charge is 0.347 e. The van der Waals surface area contributed by atoms with Crippen molar-refractivity contribution in [3.8, 4) is 0 Å². The van der Waals surface area contributed by atoms with Crippen LogP contribution >= 0.6 is 0 Å². The van der Waals surface area contributed by atoms with Gasteiger partial charge in [0.05, 0.1) is 6.61 Å². The molecule has 3 rings (SSSR count). The average molecular weight is 275 g/mol. The second-order valence-corrected chi connectivity index (χ2v) is 6.66. The van der Waals surface area contributed by atoms with Crippen molar-refractivity contribution in [2.24, 2.45) is 5.73 Å². The molecule has 0 radical (unpaired) electrons. The van der Waals surface area contributed by atoms with E-state index in [0.717, 1.165) is 12.8 Å². The minimum absolute atomic E-state index is 0.0251. The van der Waals surface area contributed by atoms with Crippen LogP contribution in [-0.2, 0) is 15.0 Å². The summed E-state index contributed by atoms with van der Waals surface area (Å²) in [6.07, 6.45) is 5.98. The molecule has 1 aromatic rings. The lowest BCUT2D eigenvalue weighted by atomic mass is 9.77. The second-order valence-electron chi connectivity index (χ2n) is 6.66. The highest BCUT2D eigenvalue weighted by Gasteiger charge is 2.35. The first-order valence-electron chi connectivity index (χ1n) is 7.70. The van der Waals surface area contributed by atoms with Gasteiger partial charge in [0.25, 0.3) is 0 Å². The molecule has 0 aromatic heterocycles. The third-order valence-electron chi connectivity index (χ3n) is 4.59. The zero-order valence-corrected chi connectivity index (χ0v) is 12.5. The van der Waals surface area contributed by atoms with Gasteiger partial charge in [-0.2, -0.15) is 0 Å². The molecular formula is C17H25NO2. The van der Waals surface area contributed by atoms with Crippen LogP contribution in [0.4, 0.5) is 0 Å². The van der Waals surface area contributed by atoms with Crippen LogP contribution in [-0.4, -0.2) is 12.4 Å². The SMILES string of the molecule is CC1(C)OCC(c2cccc(C3(N)CCCCC3)c2)O1. The van der Waals surface area contributed by atoms with Crippen molar-refractivity contribution in [1.29, 1.82) is 0 Å². The van der Waals surface area contributed by atoms with Crippen LogP contribution in [0.5, 0.6) is 0 Å². The Morgan fingerprint density at radius 1 is 1.15 bits per heavy atom. The fourth-order valence-electron chi connectivity index (χ4n) is 3.37. The Kier molecular flexibility index (Phi) is 3.61. The van der Waals surface area contributed by atoms with Gasteiger partial charge in [-0.05, 0) is 37.8 Å². The van der Waals surface area contributed by atoms with Gasteiger partial charge in [-0.3, -0.25) is 0 Å². The molecular weight excluding hydrogens is 250 g/mol. The number of rotatable bonds is 2. The van der Waals surface area contributed by atoms with Crippen molar-refractivity contribution >= 4 is 0 Å². The molecule has 1 unspecified atom stereocenters. The predicted molar refractivity (Wildman–Crippen MR) is 79.2 cm³/mol. The summed E-state index contributed by atoms with van der Waals surface area (Å²) in [5.41, 5.74) is 8.92. The zero-order valence-electron chi connectivity index (χ0n) is 12.5. The highest BCUT2D eigenvalue weighted by atomic mass is 16.7. The van der Waals surface area contributed by atoms with E-state index >= 15 is 0 Å². The quantitative estimate of drug-likeness (QED) is 0.896. The lowest BCUT2D eigenvalue weighted by Crippen LogP contribution is -2.38. The van der Waals surface area contributed by atoms with Crippen LogP contribution in [0.1, 0.15) is 63.2 Å². The smallest absolute Gasteiger partial charge is 0.163 e. The molecule has 0 spiro atoms. The molecule has 3 nitrogen and oxygen atoms in total. The van der Waals surface area contributed by atoms with Crippen LogP contribution in [0.15, 0.2) is 24.3 Å².